The number of hydrogen-bond acceptors (Lipinski definition) is 13. The van der Waals surface area contributed by atoms with E-state index < -0.39 is 5.97 Å². The van der Waals surface area contributed by atoms with Crippen LogP contribution in [0.5, 0.6) is 0 Å². The van der Waals surface area contributed by atoms with Crippen LogP contribution in [0.1, 0.15) is 346 Å². The molecule has 0 bridgehead atoms. The molecule has 0 aliphatic heterocycles. The van der Waals surface area contributed by atoms with Gasteiger partial charge in [0.05, 0.1) is 36.4 Å². The van der Waals surface area contributed by atoms with E-state index in [4.69, 9.17) is 15.2 Å². The van der Waals surface area contributed by atoms with Gasteiger partial charge < -0.3 is 56.3 Å². The first-order valence-electron chi connectivity index (χ1n) is 55.7. The summed E-state index contributed by atoms with van der Waals surface area (Å²) >= 11 is 0. The van der Waals surface area contributed by atoms with Crippen molar-refractivity contribution in [2.24, 2.45) is 164 Å². The number of allylic oxidation sites excluding steroid dienone is 9. The smallest absolute Gasteiger partial charge is 0.337 e. The summed E-state index contributed by atoms with van der Waals surface area (Å²) in [7, 11) is 15.1. The summed E-state index contributed by atoms with van der Waals surface area (Å²) in [4.78, 5) is 85.1. The molecule has 0 radical (unpaired) electrons. The highest BCUT2D eigenvalue weighted by Crippen LogP contribution is 2.82. The molecule has 3 aromatic rings. The third kappa shape index (κ3) is 18.3. The van der Waals surface area contributed by atoms with Crippen molar-refractivity contribution < 1.29 is 43.3 Å². The number of isocyanates is 1. The molecule has 12 fully saturated rings. The molecular weight excluding hydrogens is 1770 g/mol. The fraction of sp³-hybridized carbons (Fsp3) is 0.712. The molecule has 0 heterocycles. The van der Waals surface area contributed by atoms with E-state index in [0.717, 1.165) is 110 Å². The quantitative estimate of drug-likeness (QED) is 0.0267. The second-order valence-electron chi connectivity index (χ2n) is 53.8. The minimum Gasteiger partial charge on any atom is -0.478 e. The highest BCUT2D eigenvalue weighted by molar-refractivity contribution is 5.91. The number of carbonyl (C=O) groups excluding carboxylic acids is 5. The van der Waals surface area contributed by atoms with Gasteiger partial charge in [0.25, 0.3) is 0 Å². The van der Waals surface area contributed by atoms with E-state index in [1.165, 1.54) is 154 Å². The van der Waals surface area contributed by atoms with E-state index in [9.17, 15) is 33.9 Å². The van der Waals surface area contributed by atoms with Crippen LogP contribution < -0.4 is 27.0 Å². The molecule has 15 aliphatic carbocycles. The number of rotatable bonds is 20. The number of carboxylic acids is 1. The zero-order valence-electron chi connectivity index (χ0n) is 93.4. The highest BCUT2D eigenvalue weighted by Gasteiger charge is 2.76. The Labute approximate surface area is 862 Å². The van der Waals surface area contributed by atoms with E-state index in [1.807, 2.05) is 84.8 Å². The Hall–Kier alpha value is -7.73. The molecule has 12 saturated carbocycles. The Morgan fingerprint density at radius 2 is 0.699 bits per heavy atom. The number of likely N-dealkylation sites (N-methyl/N-ethyl adjacent to an activating group) is 3. The van der Waals surface area contributed by atoms with Crippen LogP contribution in [0.2, 0.25) is 0 Å². The van der Waals surface area contributed by atoms with Crippen molar-refractivity contribution >= 4 is 52.8 Å². The van der Waals surface area contributed by atoms with Crippen molar-refractivity contribution in [2.75, 3.05) is 95.8 Å². The van der Waals surface area contributed by atoms with Gasteiger partial charge in [0.2, 0.25) is 6.08 Å². The van der Waals surface area contributed by atoms with Gasteiger partial charge in [0, 0.05) is 50.3 Å². The fourth-order valence-electron chi connectivity index (χ4n) is 38.6. The number of nitrogens with zero attached hydrogens (tertiary/aromatic N) is 4. The first kappa shape index (κ1) is 109. The largest absolute Gasteiger partial charge is 0.478 e. The molecule has 786 valence electrons. The van der Waals surface area contributed by atoms with E-state index in [-0.39, 0.29) is 106 Å². The van der Waals surface area contributed by atoms with E-state index >= 15 is 0 Å². The maximum atomic E-state index is 13.4. The Morgan fingerprint density at radius 3 is 0.993 bits per heavy atom. The molecule has 0 spiro atoms. The molecule has 3 aromatic carbocycles. The lowest BCUT2D eigenvalue weighted by Gasteiger charge is -2.72. The number of fused-ring (bicyclic) bond motifs is 21. The minimum atomic E-state index is -0.872. The van der Waals surface area contributed by atoms with Gasteiger partial charge in [-0.25, -0.2) is 28.8 Å². The molecule has 15 aliphatic rings. The Balaban J connectivity index is 0.000000157. The average Bonchev–Trinajstić information content (AvgIpc) is 1.68. The number of nitrogens with two attached hydrogens (primary N) is 1. The molecule has 0 unspecified atom stereocenters. The summed E-state index contributed by atoms with van der Waals surface area (Å²) in [6.45, 7) is 63.5. The second kappa shape index (κ2) is 40.3. The van der Waals surface area contributed by atoms with Crippen LogP contribution in [0.15, 0.2) is 132 Å². The van der Waals surface area contributed by atoms with Gasteiger partial charge in [-0.05, 0) is 460 Å². The first-order chi connectivity index (χ1) is 67.1. The number of methoxy groups -OCH3 is 2. The molecule has 7 N–H and O–H groups in total. The summed E-state index contributed by atoms with van der Waals surface area (Å²) in [5, 5.41) is 23.1. The normalized spacial score (nSPS) is 39.7. The molecule has 0 aromatic heterocycles. The molecule has 18 nitrogen and oxygen atoms in total. The summed E-state index contributed by atoms with van der Waals surface area (Å²) in [5.41, 5.74) is 20.1. The number of esters is 2. The van der Waals surface area contributed by atoms with Gasteiger partial charge in [-0.15, -0.1) is 0 Å². The number of carboxylic acid groups (broad SMARTS) is 1. The lowest BCUT2D eigenvalue weighted by atomic mass is 9.33. The Kier molecular flexibility index (Phi) is 30.8. The van der Waals surface area contributed by atoms with Crippen LogP contribution in [-0.4, -0.2) is 168 Å². The highest BCUT2D eigenvalue weighted by atomic mass is 16.5. The summed E-state index contributed by atoms with van der Waals surface area (Å²) in [6, 6.07) is 23.7. The number of benzene rings is 3. The van der Waals surface area contributed by atoms with Crippen molar-refractivity contribution in [1.82, 2.24) is 36.0 Å². The Bertz CT molecular complexity index is 5410. The van der Waals surface area contributed by atoms with Crippen LogP contribution >= 0.6 is 0 Å². The predicted octanol–water partition coefficient (Wildman–Crippen LogP) is 26.1. The van der Waals surface area contributed by atoms with Crippen LogP contribution in [0, 0.1) is 154 Å². The van der Waals surface area contributed by atoms with Crippen LogP contribution in [-0.2, 0) is 14.3 Å². The van der Waals surface area contributed by atoms with Crippen LogP contribution in [0.25, 0.3) is 16.7 Å². The summed E-state index contributed by atoms with van der Waals surface area (Å²) in [5.74, 6) is 6.68. The van der Waals surface area contributed by atoms with Crippen molar-refractivity contribution in [3.8, 4) is 0 Å². The molecule has 0 saturated heterocycles. The van der Waals surface area contributed by atoms with E-state index in [0.29, 0.717) is 119 Å². The third-order valence-electron chi connectivity index (χ3n) is 45.8. The van der Waals surface area contributed by atoms with Crippen molar-refractivity contribution in [1.29, 1.82) is 0 Å². The van der Waals surface area contributed by atoms with Gasteiger partial charge in [0.1, 0.15) is 0 Å². The van der Waals surface area contributed by atoms with Crippen molar-refractivity contribution in [2.45, 2.75) is 315 Å². The second-order valence-corrected chi connectivity index (χ2v) is 53.8. The topological polar surface area (TPSA) is 237 Å². The number of ether oxygens (including phenoxy) is 2. The van der Waals surface area contributed by atoms with Gasteiger partial charge in [-0.2, -0.15) is 4.99 Å². The van der Waals surface area contributed by atoms with Crippen molar-refractivity contribution in [3.63, 3.8) is 0 Å². The number of urea groups is 2. The van der Waals surface area contributed by atoms with Crippen LogP contribution in [0.4, 0.5) is 9.59 Å². The maximum absolute atomic E-state index is 13.4. The molecule has 143 heavy (non-hydrogen) atoms. The third-order valence-corrected chi connectivity index (χ3v) is 45.8. The number of hydrogen-bond donors (Lipinski definition) is 6. The monoisotopic (exact) mass is 1960 g/mol. The van der Waals surface area contributed by atoms with E-state index in [2.05, 4.69) is 228 Å². The molecule has 18 heteroatoms. The lowest BCUT2D eigenvalue weighted by molar-refractivity contribution is -0.218. The summed E-state index contributed by atoms with van der Waals surface area (Å²) < 4.78 is 9.89. The number of carbonyl (C=O) groups is 5. The fourth-order valence-corrected chi connectivity index (χ4v) is 38.6. The number of aromatic carboxylic acids is 1. The predicted molar refractivity (Wildman–Crippen MR) is 583 cm³/mol. The van der Waals surface area contributed by atoms with Gasteiger partial charge in [0.15, 0.2) is 0 Å². The first-order valence-corrected chi connectivity index (χ1v) is 55.7. The summed E-state index contributed by atoms with van der Waals surface area (Å²) in [6.07, 6.45) is 41.0. The lowest BCUT2D eigenvalue weighted by Crippen LogP contribution is -2.68. The molecule has 4 amide bonds. The number of amides is 4. The average molecular weight is 1960 g/mol. The van der Waals surface area contributed by atoms with Gasteiger partial charge in [-0.1, -0.05) is 195 Å². The Morgan fingerprint density at radius 1 is 0.392 bits per heavy atom. The number of aliphatic imine (C=N–C) groups is 1. The molecular formula is C125H187N9O9. The van der Waals surface area contributed by atoms with Gasteiger partial charge >= 0.3 is 30.0 Å². The van der Waals surface area contributed by atoms with E-state index in [1.54, 1.807) is 12.1 Å². The van der Waals surface area contributed by atoms with Crippen LogP contribution in [0.3, 0.4) is 0 Å². The zero-order chi connectivity index (χ0) is 104. The standard InChI is InChI=1S/C42H63N3O3.C41H61N3O3.C38H51NO3.C4H12N2/c1-27(2)30-17-22-42(44-37(47)43-25-26-45(8)9)24-23-40(6)32(35(30)42)15-16-34-39(5)20-18-31(28-11-13-29(14-12-28)36(46)48-10)38(3,4)33(39)19-21-41(34,40)7;1-26(2)29-16-21-41(43-36(47)42-24-25-44(8)9)23-22-39(6)31(34(29)41)14-15-33-38(5)19-17-30(27-10-12-28(13-11-27)35(45)46)37(3,4)32(38)18-20-40(33,39)7;1-24(2)27-15-20-38(39-23-40)22-21-36(6)29(32(27)38)13-14-31-35(5)18-16-28(25-9-11-26(12-10-25)33(41)42-8)34(3,4)30(35)17-19-37(31,36)7;1-6(2)4-3-5/h11-14,18,30,32-35H,1,15-17,19-26H2,2-10H3,(H2,43,44,47);10-13,17,29,31-34H,1,14-16,18-25H2,2-9H3,(H,45,46)(H2,42,43,47);9-12,16,27,29-32H,1,13-15,17-22H2,2-8H3;3-5H2,1-2H3/t30-,32+,33-,34+,35+,39-,40+,41+,42-;29-,31+,32-,33+,34+,38-,39+,40+,41-;27-,29+,30-,31+,32+,35-,36+,37+,38-;/m000./s1. The van der Waals surface area contributed by atoms with Crippen molar-refractivity contribution in [3.05, 3.63) is 161 Å². The minimum absolute atomic E-state index is 0.000337. The zero-order valence-corrected chi connectivity index (χ0v) is 93.4. The van der Waals surface area contributed by atoms with Gasteiger partial charge in [-0.3, -0.25) is 0 Å². The molecule has 27 atom stereocenters. The maximum Gasteiger partial charge on any atom is 0.337 e. The number of nitrogens with one attached hydrogen (secondary N) is 4. The molecule has 18 rings (SSSR count). The SMILES string of the molecule is C=C(C)[C@@H]1CC[C@]2(N=C=O)CC[C@]3(C)[C@H](CC[C@@H]4[C@@]5(C)CC=C(c6ccc(C(=O)OC)cc6)C(C)(C)[C@@H]5CC[C@]43C)[C@@H]12.C=C(C)[C@@H]1CC[C@]2(NC(=O)NCCN(C)C)CC[C@]3(C)[C@H](CC[C@@H]4[C@@]5(C)CC=C(c6ccc(C(=O)O)cc6)C(C)(C)[C@@H]5CC[C@]43C)[C@@H]12.C=C(C)[C@@H]1CC[C@]2(NC(=O)NCCN(C)C)CC[C@]3(C)[C@H](CC[C@@H]4[C@@]5(C)CC=C(c6ccc(C(=O)OC)cc6)C(C)(C)[C@@H]5CC[C@]43C)[C@@H]12.CN(C)CCN.